The zero-order valence-corrected chi connectivity index (χ0v) is 11.5. The molecule has 0 radical (unpaired) electrons. The van der Waals surface area contributed by atoms with Crippen LogP contribution in [0.15, 0.2) is 34.9 Å². The van der Waals surface area contributed by atoms with Gasteiger partial charge in [-0.1, -0.05) is 12.1 Å². The molecule has 0 aliphatic heterocycles. The van der Waals surface area contributed by atoms with E-state index in [0.29, 0.717) is 6.04 Å². The first-order valence-corrected chi connectivity index (χ1v) is 7.17. The minimum atomic E-state index is 0.427. The highest BCUT2D eigenvalue weighted by Crippen LogP contribution is 2.30. The number of anilines is 1. The molecule has 0 unspecified atom stereocenters. The van der Waals surface area contributed by atoms with Crippen LogP contribution in [0, 0.1) is 5.92 Å². The van der Waals surface area contributed by atoms with Crippen LogP contribution in [0.5, 0.6) is 0 Å². The van der Waals surface area contributed by atoms with Crippen molar-refractivity contribution in [2.75, 3.05) is 18.5 Å². The third-order valence-electron chi connectivity index (χ3n) is 4.30. The van der Waals surface area contributed by atoms with Crippen molar-refractivity contribution >= 4 is 16.7 Å². The van der Waals surface area contributed by atoms with E-state index >= 15 is 0 Å². The molecule has 3 nitrogen and oxygen atoms in total. The van der Waals surface area contributed by atoms with Gasteiger partial charge in [-0.25, -0.2) is 0 Å². The van der Waals surface area contributed by atoms with Gasteiger partial charge in [-0.15, -0.1) is 0 Å². The van der Waals surface area contributed by atoms with E-state index in [1.165, 1.54) is 36.8 Å². The predicted molar refractivity (Wildman–Crippen MR) is 79.4 cm³/mol. The van der Waals surface area contributed by atoms with E-state index in [-0.39, 0.29) is 0 Å². The summed E-state index contributed by atoms with van der Waals surface area (Å²) < 4.78 is 5.61. The smallest absolute Gasteiger partial charge is 0.136 e. The van der Waals surface area contributed by atoms with Crippen molar-refractivity contribution in [1.82, 2.24) is 0 Å². The zero-order chi connectivity index (χ0) is 13.2. The summed E-state index contributed by atoms with van der Waals surface area (Å²) in [5.74, 6) is 0.762. The van der Waals surface area contributed by atoms with Crippen molar-refractivity contribution in [2.24, 2.45) is 11.7 Å². The maximum absolute atomic E-state index is 5.97. The number of furan rings is 1. The van der Waals surface area contributed by atoms with Crippen molar-refractivity contribution in [3.8, 4) is 0 Å². The lowest BCUT2D eigenvalue weighted by molar-refractivity contribution is 0.330. The molecule has 1 heterocycles. The lowest BCUT2D eigenvalue weighted by Crippen LogP contribution is -2.32. The highest BCUT2D eigenvalue weighted by atomic mass is 16.3. The van der Waals surface area contributed by atoms with Crippen molar-refractivity contribution in [1.29, 1.82) is 0 Å². The summed E-state index contributed by atoms with van der Waals surface area (Å²) in [4.78, 5) is 2.33. The number of hydrogen-bond donors (Lipinski definition) is 1. The maximum atomic E-state index is 5.97. The summed E-state index contributed by atoms with van der Waals surface area (Å²) in [6.45, 7) is 1.09. The Morgan fingerprint density at radius 1 is 1.21 bits per heavy atom. The Morgan fingerprint density at radius 3 is 2.74 bits per heavy atom. The molecule has 102 valence electrons. The van der Waals surface area contributed by atoms with E-state index < -0.39 is 0 Å². The van der Waals surface area contributed by atoms with E-state index in [4.69, 9.17) is 10.2 Å². The van der Waals surface area contributed by atoms with E-state index in [1.807, 2.05) is 18.4 Å². The first-order chi connectivity index (χ1) is 9.24. The monoisotopic (exact) mass is 258 g/mol. The molecule has 0 atom stereocenters. The van der Waals surface area contributed by atoms with Gasteiger partial charge in [0, 0.05) is 25.0 Å². The minimum absolute atomic E-state index is 0.427. The molecule has 2 N–H and O–H groups in total. The van der Waals surface area contributed by atoms with Gasteiger partial charge in [-0.2, -0.15) is 0 Å². The third kappa shape index (κ3) is 2.61. The maximum Gasteiger partial charge on any atom is 0.136 e. The van der Waals surface area contributed by atoms with Gasteiger partial charge in [0.05, 0.1) is 5.69 Å². The first-order valence-electron chi connectivity index (χ1n) is 7.17. The zero-order valence-electron chi connectivity index (χ0n) is 11.5. The third-order valence-corrected chi connectivity index (χ3v) is 4.30. The van der Waals surface area contributed by atoms with Crippen molar-refractivity contribution < 1.29 is 4.42 Å². The Labute approximate surface area is 114 Å². The average molecular weight is 258 g/mol. The summed E-state index contributed by atoms with van der Waals surface area (Å²) in [5, 5.41) is 1.21. The molecule has 3 heteroatoms. The van der Waals surface area contributed by atoms with Crippen LogP contribution in [0.3, 0.4) is 0 Å². The number of hydrogen-bond acceptors (Lipinski definition) is 3. The SMILES string of the molecule is CN(CC1CCC(N)CC1)c1coc2ccccc12. The molecule has 0 bridgehead atoms. The van der Waals surface area contributed by atoms with E-state index in [2.05, 4.69) is 24.1 Å². The fourth-order valence-electron chi connectivity index (χ4n) is 3.12. The van der Waals surface area contributed by atoms with Gasteiger partial charge in [0.25, 0.3) is 0 Å². The second kappa shape index (κ2) is 5.25. The summed E-state index contributed by atoms with van der Waals surface area (Å²) in [7, 11) is 2.16. The number of para-hydroxylation sites is 1. The van der Waals surface area contributed by atoms with Gasteiger partial charge in [0.2, 0.25) is 0 Å². The number of fused-ring (bicyclic) bond motifs is 1. The molecule has 1 aromatic carbocycles. The Hall–Kier alpha value is -1.48. The fourth-order valence-corrected chi connectivity index (χ4v) is 3.12. The molecular weight excluding hydrogens is 236 g/mol. The van der Waals surface area contributed by atoms with Crippen LogP contribution < -0.4 is 10.6 Å². The second-order valence-electron chi connectivity index (χ2n) is 5.78. The molecule has 0 amide bonds. The molecule has 1 fully saturated rings. The van der Waals surface area contributed by atoms with Gasteiger partial charge in [-0.3, -0.25) is 0 Å². The quantitative estimate of drug-likeness (QED) is 0.917. The van der Waals surface area contributed by atoms with E-state index in [1.54, 1.807) is 0 Å². The summed E-state index contributed by atoms with van der Waals surface area (Å²) in [6, 6.07) is 8.65. The molecule has 2 aromatic rings. The van der Waals surface area contributed by atoms with E-state index in [0.717, 1.165) is 18.0 Å². The van der Waals surface area contributed by atoms with Gasteiger partial charge >= 0.3 is 0 Å². The number of rotatable bonds is 3. The largest absolute Gasteiger partial charge is 0.462 e. The molecule has 19 heavy (non-hydrogen) atoms. The number of nitrogens with two attached hydrogens (primary N) is 1. The average Bonchev–Trinajstić information content (AvgIpc) is 2.85. The van der Waals surface area contributed by atoms with E-state index in [9.17, 15) is 0 Å². The normalized spacial score (nSPS) is 23.7. The second-order valence-corrected chi connectivity index (χ2v) is 5.78. The van der Waals surface area contributed by atoms with Crippen LogP contribution in [-0.2, 0) is 0 Å². The van der Waals surface area contributed by atoms with Crippen LogP contribution in [0.4, 0.5) is 5.69 Å². The van der Waals surface area contributed by atoms with Crippen molar-refractivity contribution in [3.05, 3.63) is 30.5 Å². The van der Waals surface area contributed by atoms with Crippen molar-refractivity contribution in [3.63, 3.8) is 0 Å². The van der Waals surface area contributed by atoms with Crippen LogP contribution in [0.25, 0.3) is 11.0 Å². The predicted octanol–water partition coefficient (Wildman–Crippen LogP) is 3.39. The number of nitrogens with zero attached hydrogens (tertiary/aromatic N) is 1. The first kappa shape index (κ1) is 12.5. The van der Waals surface area contributed by atoms with Crippen LogP contribution in [0.2, 0.25) is 0 Å². The highest BCUT2D eigenvalue weighted by molar-refractivity contribution is 5.90. The highest BCUT2D eigenvalue weighted by Gasteiger charge is 2.21. The standard InChI is InChI=1S/C16H22N2O/c1-18(10-12-6-8-13(17)9-7-12)15-11-19-16-5-3-2-4-14(15)16/h2-5,11-13H,6-10,17H2,1H3. The molecule has 1 aromatic heterocycles. The lowest BCUT2D eigenvalue weighted by Gasteiger charge is -2.30. The van der Waals surface area contributed by atoms with Crippen LogP contribution in [-0.4, -0.2) is 19.6 Å². The molecule has 1 aliphatic rings. The Balaban J connectivity index is 1.71. The van der Waals surface area contributed by atoms with Crippen LogP contribution >= 0.6 is 0 Å². The minimum Gasteiger partial charge on any atom is -0.462 e. The fraction of sp³-hybridized carbons (Fsp3) is 0.500. The molecule has 0 spiro atoms. The molecule has 0 saturated heterocycles. The van der Waals surface area contributed by atoms with Gasteiger partial charge < -0.3 is 15.1 Å². The number of benzene rings is 1. The summed E-state index contributed by atoms with van der Waals surface area (Å²) in [6.07, 6.45) is 6.72. The van der Waals surface area contributed by atoms with Gasteiger partial charge in [0.15, 0.2) is 0 Å². The Bertz CT molecular complexity index is 540. The molecule has 3 rings (SSSR count). The van der Waals surface area contributed by atoms with Crippen molar-refractivity contribution in [2.45, 2.75) is 31.7 Å². The lowest BCUT2D eigenvalue weighted by atomic mass is 9.86. The Morgan fingerprint density at radius 2 is 1.95 bits per heavy atom. The molecular formula is C16H22N2O. The van der Waals surface area contributed by atoms with Gasteiger partial charge in [-0.05, 0) is 43.7 Å². The topological polar surface area (TPSA) is 42.4 Å². The van der Waals surface area contributed by atoms with Crippen LogP contribution in [0.1, 0.15) is 25.7 Å². The molecule has 1 saturated carbocycles. The van der Waals surface area contributed by atoms with Gasteiger partial charge in [0.1, 0.15) is 11.8 Å². The Kier molecular flexibility index (Phi) is 3.47. The summed E-state index contributed by atoms with van der Waals surface area (Å²) >= 11 is 0. The summed E-state index contributed by atoms with van der Waals surface area (Å²) in [5.41, 5.74) is 8.14. The molecule has 1 aliphatic carbocycles.